The maximum atomic E-state index is 12.5. The largest absolute Gasteiger partial charge is 0.452 e. The number of amides is 2. The lowest BCUT2D eigenvalue weighted by molar-refractivity contribution is -0.135. The molecule has 1 aliphatic heterocycles. The van der Waals surface area contributed by atoms with Gasteiger partial charge in [0.15, 0.2) is 6.61 Å². The van der Waals surface area contributed by atoms with Gasteiger partial charge in [0.05, 0.1) is 11.3 Å². The van der Waals surface area contributed by atoms with E-state index in [1.807, 2.05) is 6.07 Å². The van der Waals surface area contributed by atoms with Crippen LogP contribution in [0.25, 0.3) is 0 Å². The maximum Gasteiger partial charge on any atom is 0.340 e. The van der Waals surface area contributed by atoms with Crippen molar-refractivity contribution in [3.8, 4) is 0 Å². The number of para-hydroxylation sites is 1. The van der Waals surface area contributed by atoms with Crippen LogP contribution in [0.3, 0.4) is 0 Å². The van der Waals surface area contributed by atoms with E-state index in [0.717, 1.165) is 12.8 Å². The van der Waals surface area contributed by atoms with Gasteiger partial charge in [0.25, 0.3) is 11.8 Å². The molecule has 0 radical (unpaired) electrons. The molecule has 0 spiro atoms. The van der Waals surface area contributed by atoms with E-state index in [9.17, 15) is 14.4 Å². The number of rotatable bonds is 5. The summed E-state index contributed by atoms with van der Waals surface area (Å²) in [6, 6.07) is 15.3. The minimum absolute atomic E-state index is 0.189. The van der Waals surface area contributed by atoms with Crippen molar-refractivity contribution in [3.63, 3.8) is 0 Å². The molecule has 28 heavy (non-hydrogen) atoms. The third-order valence-electron chi connectivity index (χ3n) is 4.89. The first-order valence-electron chi connectivity index (χ1n) is 9.45. The molecule has 1 N–H and O–H groups in total. The highest BCUT2D eigenvalue weighted by Gasteiger charge is 2.22. The lowest BCUT2D eigenvalue weighted by atomic mass is 9.99. The number of nitrogens with zero attached hydrogens (tertiary/aromatic N) is 1. The number of benzene rings is 2. The predicted molar refractivity (Wildman–Crippen MR) is 106 cm³/mol. The lowest BCUT2D eigenvalue weighted by Gasteiger charge is -2.30. The fourth-order valence-electron chi connectivity index (χ4n) is 3.11. The monoisotopic (exact) mass is 380 g/mol. The Morgan fingerprint density at radius 3 is 2.36 bits per heavy atom. The number of hydrogen-bond donors (Lipinski definition) is 1. The zero-order valence-corrected chi connectivity index (χ0v) is 15.9. The first kappa shape index (κ1) is 19.6. The van der Waals surface area contributed by atoms with Gasteiger partial charge in [-0.25, -0.2) is 4.79 Å². The molecule has 0 atom stereocenters. The zero-order chi connectivity index (χ0) is 19.9. The Morgan fingerprint density at radius 2 is 1.64 bits per heavy atom. The fraction of sp³-hybridized carbons (Fsp3) is 0.318. The van der Waals surface area contributed by atoms with Crippen LogP contribution in [0, 0.1) is 5.92 Å². The molecular formula is C22H24N2O4. The van der Waals surface area contributed by atoms with Gasteiger partial charge >= 0.3 is 5.97 Å². The van der Waals surface area contributed by atoms with Gasteiger partial charge in [0.1, 0.15) is 0 Å². The number of nitrogens with one attached hydrogen (secondary N) is 1. The van der Waals surface area contributed by atoms with Gasteiger partial charge in [0.2, 0.25) is 0 Å². The van der Waals surface area contributed by atoms with E-state index in [2.05, 4.69) is 12.2 Å². The molecule has 1 aliphatic rings. The van der Waals surface area contributed by atoms with E-state index in [1.54, 1.807) is 53.4 Å². The van der Waals surface area contributed by atoms with Crippen LogP contribution in [0.1, 0.15) is 40.5 Å². The minimum atomic E-state index is -0.636. The SMILES string of the molecule is CC1CCN(C(=O)COC(=O)c2ccccc2NC(=O)c2ccccc2)CC1. The van der Waals surface area contributed by atoms with Gasteiger partial charge in [-0.2, -0.15) is 0 Å². The molecular weight excluding hydrogens is 356 g/mol. The molecule has 146 valence electrons. The van der Waals surface area contributed by atoms with Crippen LogP contribution < -0.4 is 5.32 Å². The van der Waals surface area contributed by atoms with Gasteiger partial charge in [-0.05, 0) is 43.0 Å². The summed E-state index contributed by atoms with van der Waals surface area (Å²) in [7, 11) is 0. The molecule has 0 aromatic heterocycles. The van der Waals surface area contributed by atoms with Crippen LogP contribution in [-0.2, 0) is 9.53 Å². The molecule has 0 unspecified atom stereocenters. The summed E-state index contributed by atoms with van der Waals surface area (Å²) < 4.78 is 5.22. The average Bonchev–Trinajstić information content (AvgIpc) is 2.73. The fourth-order valence-corrected chi connectivity index (χ4v) is 3.11. The van der Waals surface area contributed by atoms with Crippen molar-refractivity contribution in [2.75, 3.05) is 25.0 Å². The first-order chi connectivity index (χ1) is 13.5. The summed E-state index contributed by atoms with van der Waals surface area (Å²) in [6.45, 7) is 3.26. The van der Waals surface area contributed by atoms with Crippen LogP contribution in [0.2, 0.25) is 0 Å². The second-order valence-corrected chi connectivity index (χ2v) is 7.01. The summed E-state index contributed by atoms with van der Waals surface area (Å²) in [4.78, 5) is 38.8. The number of ether oxygens (including phenoxy) is 1. The van der Waals surface area contributed by atoms with Crippen LogP contribution in [0.15, 0.2) is 54.6 Å². The van der Waals surface area contributed by atoms with E-state index in [-0.39, 0.29) is 24.0 Å². The van der Waals surface area contributed by atoms with Crippen molar-refractivity contribution in [1.29, 1.82) is 0 Å². The highest BCUT2D eigenvalue weighted by molar-refractivity contribution is 6.08. The van der Waals surface area contributed by atoms with Crippen LogP contribution >= 0.6 is 0 Å². The Morgan fingerprint density at radius 1 is 1.00 bits per heavy atom. The first-order valence-corrected chi connectivity index (χ1v) is 9.45. The number of carbonyl (C=O) groups is 3. The molecule has 1 saturated heterocycles. The van der Waals surface area contributed by atoms with Crippen LogP contribution in [-0.4, -0.2) is 42.4 Å². The lowest BCUT2D eigenvalue weighted by Crippen LogP contribution is -2.40. The van der Waals surface area contributed by atoms with Gasteiger partial charge in [0, 0.05) is 18.7 Å². The molecule has 0 bridgehead atoms. The number of esters is 1. The molecule has 2 aromatic carbocycles. The minimum Gasteiger partial charge on any atom is -0.452 e. The maximum absolute atomic E-state index is 12.5. The number of piperidine rings is 1. The van der Waals surface area contributed by atoms with Crippen LogP contribution in [0.5, 0.6) is 0 Å². The van der Waals surface area contributed by atoms with Crippen molar-refractivity contribution in [2.45, 2.75) is 19.8 Å². The Kier molecular flexibility index (Phi) is 6.42. The number of likely N-dealkylation sites (tertiary alicyclic amines) is 1. The Bertz CT molecular complexity index is 843. The molecule has 1 fully saturated rings. The second-order valence-electron chi connectivity index (χ2n) is 7.01. The number of hydrogen-bond acceptors (Lipinski definition) is 4. The van der Waals surface area contributed by atoms with E-state index < -0.39 is 5.97 Å². The molecule has 3 rings (SSSR count). The summed E-state index contributed by atoms with van der Waals surface area (Å²) >= 11 is 0. The molecule has 1 heterocycles. The second kappa shape index (κ2) is 9.17. The van der Waals surface area contributed by atoms with E-state index in [1.165, 1.54) is 0 Å². The molecule has 2 aromatic rings. The smallest absolute Gasteiger partial charge is 0.340 e. The summed E-state index contributed by atoms with van der Waals surface area (Å²) in [6.07, 6.45) is 1.93. The quantitative estimate of drug-likeness (QED) is 0.807. The van der Waals surface area contributed by atoms with Crippen molar-refractivity contribution in [2.24, 2.45) is 5.92 Å². The van der Waals surface area contributed by atoms with Crippen molar-refractivity contribution in [1.82, 2.24) is 4.90 Å². The van der Waals surface area contributed by atoms with Gasteiger partial charge in [-0.15, -0.1) is 0 Å². The van der Waals surface area contributed by atoms with Crippen molar-refractivity contribution in [3.05, 3.63) is 65.7 Å². The molecule has 6 heteroatoms. The topological polar surface area (TPSA) is 75.7 Å². The summed E-state index contributed by atoms with van der Waals surface area (Å²) in [5, 5.41) is 2.73. The number of anilines is 1. The Labute approximate surface area is 164 Å². The van der Waals surface area contributed by atoms with Crippen molar-refractivity contribution >= 4 is 23.5 Å². The predicted octanol–water partition coefficient (Wildman–Crippen LogP) is 3.35. The van der Waals surface area contributed by atoms with E-state index in [0.29, 0.717) is 30.3 Å². The third-order valence-corrected chi connectivity index (χ3v) is 4.89. The average molecular weight is 380 g/mol. The normalized spacial score (nSPS) is 14.4. The van der Waals surface area contributed by atoms with Crippen molar-refractivity contribution < 1.29 is 19.1 Å². The van der Waals surface area contributed by atoms with Crippen LogP contribution in [0.4, 0.5) is 5.69 Å². The highest BCUT2D eigenvalue weighted by atomic mass is 16.5. The zero-order valence-electron chi connectivity index (χ0n) is 15.9. The summed E-state index contributed by atoms with van der Waals surface area (Å²) in [5.74, 6) is -0.528. The third kappa shape index (κ3) is 4.97. The van der Waals surface area contributed by atoms with Gasteiger partial charge < -0.3 is 15.0 Å². The van der Waals surface area contributed by atoms with E-state index >= 15 is 0 Å². The standard InChI is InChI=1S/C22H24N2O4/c1-16-11-13-24(14-12-16)20(25)15-28-22(27)18-9-5-6-10-19(18)23-21(26)17-7-3-2-4-8-17/h2-10,16H,11-15H2,1H3,(H,23,26). The molecule has 2 amide bonds. The molecule has 0 aliphatic carbocycles. The Balaban J connectivity index is 1.61. The molecule has 6 nitrogen and oxygen atoms in total. The molecule has 0 saturated carbocycles. The Hall–Kier alpha value is -3.15. The summed E-state index contributed by atoms with van der Waals surface area (Å²) in [5.41, 5.74) is 1.05. The number of carbonyl (C=O) groups excluding carboxylic acids is 3. The van der Waals surface area contributed by atoms with E-state index in [4.69, 9.17) is 4.74 Å². The van der Waals surface area contributed by atoms with Gasteiger partial charge in [-0.3, -0.25) is 9.59 Å². The highest BCUT2D eigenvalue weighted by Crippen LogP contribution is 2.19. The van der Waals surface area contributed by atoms with Gasteiger partial charge in [-0.1, -0.05) is 37.3 Å².